The second-order valence-electron chi connectivity index (χ2n) is 7.37. The van der Waals surface area contributed by atoms with E-state index in [4.69, 9.17) is 4.74 Å². The van der Waals surface area contributed by atoms with Gasteiger partial charge in [-0.15, -0.1) is 0 Å². The number of ether oxygens (including phenoxy) is 1. The van der Waals surface area contributed by atoms with E-state index in [9.17, 15) is 18.8 Å². The highest BCUT2D eigenvalue weighted by Gasteiger charge is 2.27. The largest absolute Gasteiger partial charge is 0.467 e. The molecule has 0 radical (unpaired) electrons. The van der Waals surface area contributed by atoms with Crippen LogP contribution in [0, 0.1) is 5.82 Å². The number of hydrogen-bond donors (Lipinski definition) is 2. The van der Waals surface area contributed by atoms with Gasteiger partial charge in [0.1, 0.15) is 17.9 Å². The number of nitrogens with one attached hydrogen (secondary N) is 2. The van der Waals surface area contributed by atoms with Gasteiger partial charge in [-0.05, 0) is 29.8 Å². The molecule has 32 heavy (non-hydrogen) atoms. The zero-order chi connectivity index (χ0) is 23.1. The van der Waals surface area contributed by atoms with Crippen LogP contribution in [0.1, 0.15) is 18.2 Å². The van der Waals surface area contributed by atoms with Gasteiger partial charge in [0.2, 0.25) is 11.8 Å². The van der Waals surface area contributed by atoms with Crippen LogP contribution in [0.2, 0.25) is 0 Å². The van der Waals surface area contributed by atoms with E-state index in [1.807, 2.05) is 30.3 Å². The molecule has 0 spiro atoms. The summed E-state index contributed by atoms with van der Waals surface area (Å²) in [6.45, 7) is 1.29. The Kier molecular flexibility index (Phi) is 7.49. The van der Waals surface area contributed by atoms with Crippen LogP contribution in [0.15, 0.2) is 60.7 Å². The number of aromatic nitrogens is 1. The van der Waals surface area contributed by atoms with E-state index in [2.05, 4.69) is 15.6 Å². The molecule has 0 saturated heterocycles. The highest BCUT2D eigenvalue weighted by atomic mass is 19.1. The Morgan fingerprint density at radius 3 is 2.34 bits per heavy atom. The van der Waals surface area contributed by atoms with Gasteiger partial charge in [-0.1, -0.05) is 36.4 Å². The third kappa shape index (κ3) is 6.10. The maximum Gasteiger partial charge on any atom is 0.328 e. The average Bonchev–Trinajstić information content (AvgIpc) is 2.78. The van der Waals surface area contributed by atoms with E-state index in [1.54, 1.807) is 6.07 Å². The molecular weight excluding hydrogens is 413 g/mol. The molecule has 0 aliphatic rings. The molecule has 2 atom stereocenters. The summed E-state index contributed by atoms with van der Waals surface area (Å²) in [7, 11) is 1.24. The first-order chi connectivity index (χ1) is 15.4. The lowest BCUT2D eigenvalue weighted by Gasteiger charge is -2.22. The molecule has 1 aromatic heterocycles. The third-order valence-electron chi connectivity index (χ3n) is 4.92. The number of esters is 1. The molecule has 2 aromatic carbocycles. The lowest BCUT2D eigenvalue weighted by Crippen LogP contribution is -2.53. The van der Waals surface area contributed by atoms with Crippen LogP contribution in [-0.2, 0) is 32.0 Å². The number of pyridine rings is 1. The fraction of sp³-hybridized carbons (Fsp3) is 0.250. The van der Waals surface area contributed by atoms with Crippen molar-refractivity contribution in [2.24, 2.45) is 0 Å². The van der Waals surface area contributed by atoms with Crippen LogP contribution in [0.25, 0.3) is 10.9 Å². The molecule has 1 heterocycles. The van der Waals surface area contributed by atoms with E-state index in [-0.39, 0.29) is 12.8 Å². The van der Waals surface area contributed by atoms with Gasteiger partial charge < -0.3 is 15.4 Å². The van der Waals surface area contributed by atoms with E-state index < -0.39 is 35.7 Å². The van der Waals surface area contributed by atoms with E-state index in [0.29, 0.717) is 11.3 Å². The Bertz CT molecular complexity index is 1120. The minimum Gasteiger partial charge on any atom is -0.467 e. The molecular formula is C24H24FN3O4. The first-order valence-electron chi connectivity index (χ1n) is 10.1. The molecule has 0 aliphatic heterocycles. The molecule has 2 N–H and O–H groups in total. The Hall–Kier alpha value is -3.81. The van der Waals surface area contributed by atoms with Gasteiger partial charge in [-0.3, -0.25) is 14.6 Å². The Balaban J connectivity index is 1.77. The zero-order valence-electron chi connectivity index (χ0n) is 17.8. The number of fused-ring (bicyclic) bond motifs is 1. The minimum atomic E-state index is -0.995. The number of hydrogen-bond acceptors (Lipinski definition) is 5. The number of carbonyl (C=O) groups excluding carboxylic acids is 3. The first kappa shape index (κ1) is 22.9. The molecule has 3 aromatic rings. The number of nitrogens with zero attached hydrogens (tertiary/aromatic N) is 1. The maximum atomic E-state index is 13.2. The number of carbonyl (C=O) groups is 3. The quantitative estimate of drug-likeness (QED) is 0.527. The van der Waals surface area contributed by atoms with Crippen LogP contribution in [0.3, 0.4) is 0 Å². The van der Waals surface area contributed by atoms with E-state index >= 15 is 0 Å². The standard InChI is InChI=1S/C24H24FN3O4/c1-15(29)26-21(13-16-7-10-18(25)11-8-16)23(30)28-22(24(31)32-2)14-19-12-9-17-5-3-4-6-20(17)27-19/h3-12,21-22H,13-14H2,1-2H3,(H,26,29)(H,28,30)/t21-,22+/m0/s1. The summed E-state index contributed by atoms with van der Waals surface area (Å²) in [6.07, 6.45) is 0.250. The summed E-state index contributed by atoms with van der Waals surface area (Å²) in [6, 6.07) is 14.9. The van der Waals surface area contributed by atoms with Crippen LogP contribution in [0.4, 0.5) is 4.39 Å². The zero-order valence-corrected chi connectivity index (χ0v) is 17.8. The number of halogens is 1. The molecule has 2 amide bonds. The fourth-order valence-electron chi connectivity index (χ4n) is 3.35. The Morgan fingerprint density at radius 2 is 1.66 bits per heavy atom. The number of amides is 2. The number of benzene rings is 2. The first-order valence-corrected chi connectivity index (χ1v) is 10.1. The summed E-state index contributed by atoms with van der Waals surface area (Å²) in [5, 5.41) is 6.20. The van der Waals surface area contributed by atoms with Crippen LogP contribution in [-0.4, -0.2) is 42.0 Å². The number of methoxy groups -OCH3 is 1. The smallest absolute Gasteiger partial charge is 0.328 e. The molecule has 7 nitrogen and oxygen atoms in total. The summed E-state index contributed by atoms with van der Waals surface area (Å²) < 4.78 is 18.0. The molecule has 3 rings (SSSR count). The molecule has 0 unspecified atom stereocenters. The van der Waals surface area contributed by atoms with Gasteiger partial charge in [-0.2, -0.15) is 0 Å². The van der Waals surface area contributed by atoms with Gasteiger partial charge >= 0.3 is 5.97 Å². The number of para-hydroxylation sites is 1. The van der Waals surface area contributed by atoms with Crippen molar-refractivity contribution in [3.63, 3.8) is 0 Å². The van der Waals surface area contributed by atoms with Crippen LogP contribution in [0.5, 0.6) is 0 Å². The van der Waals surface area contributed by atoms with Crippen LogP contribution < -0.4 is 10.6 Å². The van der Waals surface area contributed by atoms with E-state index in [0.717, 1.165) is 10.9 Å². The lowest BCUT2D eigenvalue weighted by molar-refractivity contribution is -0.145. The topological polar surface area (TPSA) is 97.4 Å². The molecule has 166 valence electrons. The summed E-state index contributed by atoms with van der Waals surface area (Å²) in [5.74, 6) is -1.99. The molecule has 0 saturated carbocycles. The highest BCUT2D eigenvalue weighted by Crippen LogP contribution is 2.13. The molecule has 0 bridgehead atoms. The SMILES string of the molecule is COC(=O)[C@@H](Cc1ccc2ccccc2n1)NC(=O)[C@H](Cc1ccc(F)cc1)NC(C)=O. The third-order valence-corrected chi connectivity index (χ3v) is 4.92. The molecule has 0 fully saturated rings. The van der Waals surface area contributed by atoms with Crippen LogP contribution >= 0.6 is 0 Å². The molecule has 0 aliphatic carbocycles. The van der Waals surface area contributed by atoms with Crippen molar-refractivity contribution < 1.29 is 23.5 Å². The Morgan fingerprint density at radius 1 is 0.938 bits per heavy atom. The predicted molar refractivity (Wildman–Crippen MR) is 117 cm³/mol. The molecule has 8 heteroatoms. The monoisotopic (exact) mass is 437 g/mol. The van der Waals surface area contributed by atoms with Crippen molar-refractivity contribution >= 4 is 28.7 Å². The second kappa shape index (κ2) is 10.5. The summed E-state index contributed by atoms with van der Waals surface area (Å²) in [4.78, 5) is 41.5. The van der Waals surface area contributed by atoms with Crippen molar-refractivity contribution in [2.45, 2.75) is 31.8 Å². The van der Waals surface area contributed by atoms with Gasteiger partial charge in [0.05, 0.1) is 12.6 Å². The summed E-state index contributed by atoms with van der Waals surface area (Å²) in [5.41, 5.74) is 2.03. The van der Waals surface area contributed by atoms with Gasteiger partial charge in [-0.25, -0.2) is 9.18 Å². The van der Waals surface area contributed by atoms with Crippen molar-refractivity contribution in [3.05, 3.63) is 77.7 Å². The van der Waals surface area contributed by atoms with Crippen molar-refractivity contribution in [2.75, 3.05) is 7.11 Å². The predicted octanol–water partition coefficient (Wildman–Crippen LogP) is 2.32. The normalized spacial score (nSPS) is 12.6. The van der Waals surface area contributed by atoms with E-state index in [1.165, 1.54) is 38.3 Å². The van der Waals surface area contributed by atoms with Crippen molar-refractivity contribution in [3.8, 4) is 0 Å². The van der Waals surface area contributed by atoms with Crippen molar-refractivity contribution in [1.82, 2.24) is 15.6 Å². The van der Waals surface area contributed by atoms with Gasteiger partial charge in [0.25, 0.3) is 0 Å². The maximum absolute atomic E-state index is 13.2. The average molecular weight is 437 g/mol. The second-order valence-corrected chi connectivity index (χ2v) is 7.37. The minimum absolute atomic E-state index is 0.118. The highest BCUT2D eigenvalue weighted by molar-refractivity contribution is 5.90. The summed E-state index contributed by atoms with van der Waals surface area (Å²) >= 11 is 0. The van der Waals surface area contributed by atoms with Crippen molar-refractivity contribution in [1.29, 1.82) is 0 Å². The van der Waals surface area contributed by atoms with Gasteiger partial charge in [0, 0.05) is 30.8 Å². The lowest BCUT2D eigenvalue weighted by atomic mass is 10.0. The Labute approximate surface area is 185 Å². The van der Waals surface area contributed by atoms with Gasteiger partial charge in [0.15, 0.2) is 0 Å². The fourth-order valence-corrected chi connectivity index (χ4v) is 3.35. The number of rotatable bonds is 8.